The number of fused-ring (bicyclic) bond motifs is 7. The molecule has 1 unspecified atom stereocenters. The molecule has 8 heterocycles. The van der Waals surface area contributed by atoms with E-state index < -0.39 is 30.7 Å². The number of likely N-dealkylation sites (tertiary alicyclic amines) is 1. The van der Waals surface area contributed by atoms with Crippen LogP contribution in [0, 0.1) is 11.3 Å². The monoisotopic (exact) mass is 850 g/mol. The topological polar surface area (TPSA) is 127 Å². The van der Waals surface area contributed by atoms with Crippen molar-refractivity contribution in [1.29, 1.82) is 0 Å². The van der Waals surface area contributed by atoms with E-state index in [0.29, 0.717) is 48.6 Å². The van der Waals surface area contributed by atoms with Crippen molar-refractivity contribution in [2.75, 3.05) is 50.8 Å². The van der Waals surface area contributed by atoms with E-state index in [1.54, 1.807) is 16.0 Å². The maximum Gasteiger partial charge on any atom is 0.401 e. The first kappa shape index (κ1) is 39.8. The van der Waals surface area contributed by atoms with E-state index in [1.807, 2.05) is 43.5 Å². The zero-order chi connectivity index (χ0) is 42.5. The molecule has 3 saturated heterocycles. The molecule has 1 saturated carbocycles. The first-order valence-electron chi connectivity index (χ1n) is 22.5. The van der Waals surface area contributed by atoms with Gasteiger partial charge in [0.15, 0.2) is 0 Å². The van der Waals surface area contributed by atoms with Crippen LogP contribution in [0.4, 0.5) is 18.9 Å². The number of nitrogens with one attached hydrogen (secondary N) is 2. The molecular formula is C47H53F3N8O4. The zero-order valence-corrected chi connectivity index (χ0v) is 35.1. The number of amides is 3. The lowest BCUT2D eigenvalue weighted by Gasteiger charge is -2.55. The van der Waals surface area contributed by atoms with Gasteiger partial charge in [-0.1, -0.05) is 12.1 Å². The second-order valence-electron chi connectivity index (χ2n) is 19.5. The average molecular weight is 851 g/mol. The smallest absolute Gasteiger partial charge is 0.401 e. The van der Waals surface area contributed by atoms with Crippen molar-refractivity contribution < 1.29 is 32.3 Å². The zero-order valence-electron chi connectivity index (χ0n) is 35.1. The van der Waals surface area contributed by atoms with E-state index in [4.69, 9.17) is 9.72 Å². The molecular weight excluding hydrogens is 798 g/mol. The van der Waals surface area contributed by atoms with E-state index in [9.17, 15) is 27.6 Å². The number of carbonyl (C=O) groups excluding carboxylic acids is 3. The van der Waals surface area contributed by atoms with Crippen LogP contribution in [-0.4, -0.2) is 112 Å². The second-order valence-corrected chi connectivity index (χ2v) is 19.5. The number of benzene rings is 2. The Hall–Kier alpha value is -5.02. The van der Waals surface area contributed by atoms with Crippen molar-refractivity contribution in [2.24, 2.45) is 11.3 Å². The molecule has 0 radical (unpaired) electrons. The Kier molecular flexibility index (Phi) is 9.49. The Morgan fingerprint density at radius 2 is 1.73 bits per heavy atom. The fourth-order valence-corrected chi connectivity index (χ4v) is 12.4. The molecule has 1 aliphatic carbocycles. The Morgan fingerprint density at radius 1 is 0.919 bits per heavy atom. The van der Waals surface area contributed by atoms with Gasteiger partial charge in [-0.05, 0) is 119 Å². The van der Waals surface area contributed by atoms with Crippen molar-refractivity contribution in [2.45, 2.75) is 107 Å². The second kappa shape index (κ2) is 14.8. The fraction of sp³-hybridized carbons (Fsp3) is 0.553. The van der Waals surface area contributed by atoms with Gasteiger partial charge in [0.25, 0.3) is 5.91 Å². The van der Waals surface area contributed by atoms with Crippen molar-refractivity contribution in [3.05, 3.63) is 82.3 Å². The molecule has 3 amide bonds. The molecule has 0 bridgehead atoms. The molecule has 3 atom stereocenters. The van der Waals surface area contributed by atoms with Crippen LogP contribution in [0.1, 0.15) is 109 Å². The third-order valence-electron chi connectivity index (χ3n) is 15.9. The van der Waals surface area contributed by atoms with Crippen molar-refractivity contribution in [3.63, 3.8) is 0 Å². The minimum atomic E-state index is -4.33. The van der Waals surface area contributed by atoms with Gasteiger partial charge in [-0.3, -0.25) is 34.7 Å². The summed E-state index contributed by atoms with van der Waals surface area (Å²) in [6, 6.07) is 10.3. The number of ether oxygens (including phenoxy) is 1. The molecule has 12 nitrogen and oxygen atoms in total. The molecule has 11 rings (SSSR count). The largest absolute Gasteiger partial charge is 0.493 e. The summed E-state index contributed by atoms with van der Waals surface area (Å²) >= 11 is 0. The standard InChI is InChI=1S/C47H53F3N8O4/c1-28-20-33-31(4-7-37-34(33)22-52-54-37)41(58(28)27-47(48,49)50)38-6-2-30(21-51-38)56-25-45(26-56)12-10-29(11-13-45)23-55-17-14-46(15-18-55)16-19-62-42-35-24-57(39-8-9-40(59)53-43(39)60)44(61)32(35)3-5-36(42)46/h2-7,21-22,28-29,39,41H,8-20,23-27H2,1H3,(H,52,54)(H,53,59,60)/t28-,39?,41+/m1/s1. The number of pyridine rings is 1. The molecule has 2 spiro atoms. The van der Waals surface area contributed by atoms with E-state index in [1.165, 1.54) is 31.2 Å². The normalized spacial score (nSPS) is 26.3. The number of nitrogens with zero attached hydrogens (tertiary/aromatic N) is 6. The predicted octanol–water partition coefficient (Wildman–Crippen LogP) is 6.43. The summed E-state index contributed by atoms with van der Waals surface area (Å²) in [5, 5.41) is 10.6. The predicted molar refractivity (Wildman–Crippen MR) is 225 cm³/mol. The Balaban J connectivity index is 0.697. The highest BCUT2D eigenvalue weighted by Crippen LogP contribution is 2.51. The molecule has 15 heteroatoms. The summed E-state index contributed by atoms with van der Waals surface area (Å²) in [6.07, 6.45) is 8.27. The highest BCUT2D eigenvalue weighted by molar-refractivity contribution is 6.05. The maximum absolute atomic E-state index is 13.9. The number of imide groups is 1. The van der Waals surface area contributed by atoms with E-state index in [-0.39, 0.29) is 29.7 Å². The lowest BCUT2D eigenvalue weighted by Crippen LogP contribution is -2.58. The summed E-state index contributed by atoms with van der Waals surface area (Å²) < 4.78 is 48.1. The molecule has 62 heavy (non-hydrogen) atoms. The fourth-order valence-electron chi connectivity index (χ4n) is 12.4. The first-order valence-corrected chi connectivity index (χ1v) is 22.5. The van der Waals surface area contributed by atoms with Gasteiger partial charge in [0, 0.05) is 65.0 Å². The number of H-pyrrole nitrogens is 1. The molecule has 4 aromatic rings. The molecule has 2 aromatic carbocycles. The third-order valence-corrected chi connectivity index (χ3v) is 15.9. The van der Waals surface area contributed by atoms with Crippen LogP contribution in [0.25, 0.3) is 10.9 Å². The van der Waals surface area contributed by atoms with Crippen LogP contribution < -0.4 is 15.0 Å². The number of halogens is 3. The van der Waals surface area contributed by atoms with Gasteiger partial charge in [-0.2, -0.15) is 18.3 Å². The lowest BCUT2D eigenvalue weighted by molar-refractivity contribution is -0.155. The number of hydrogen-bond donors (Lipinski definition) is 2. The number of rotatable bonds is 6. The van der Waals surface area contributed by atoms with Crippen LogP contribution >= 0.6 is 0 Å². The van der Waals surface area contributed by atoms with Crippen LogP contribution in [0.15, 0.2) is 48.8 Å². The molecule has 7 aliphatic rings. The van der Waals surface area contributed by atoms with Gasteiger partial charge in [0.2, 0.25) is 11.8 Å². The average Bonchev–Trinajstić information content (AvgIpc) is 3.86. The van der Waals surface area contributed by atoms with Gasteiger partial charge in [-0.25, -0.2) is 0 Å². The molecule has 6 aliphatic heterocycles. The Bertz CT molecular complexity index is 2430. The van der Waals surface area contributed by atoms with Gasteiger partial charge in [0.1, 0.15) is 11.8 Å². The van der Waals surface area contributed by atoms with Gasteiger partial charge >= 0.3 is 6.18 Å². The minimum Gasteiger partial charge on any atom is -0.493 e. The third kappa shape index (κ3) is 6.76. The van der Waals surface area contributed by atoms with Crippen molar-refractivity contribution >= 4 is 34.3 Å². The van der Waals surface area contributed by atoms with Crippen LogP contribution in [0.3, 0.4) is 0 Å². The van der Waals surface area contributed by atoms with Gasteiger partial charge in [-0.15, -0.1) is 0 Å². The number of carbonyl (C=O) groups is 3. The summed E-state index contributed by atoms with van der Waals surface area (Å²) in [5.74, 6) is 0.644. The summed E-state index contributed by atoms with van der Waals surface area (Å²) in [7, 11) is 0. The highest BCUT2D eigenvalue weighted by Gasteiger charge is 2.48. The van der Waals surface area contributed by atoms with Crippen LogP contribution in [0.2, 0.25) is 0 Å². The Morgan fingerprint density at radius 3 is 2.47 bits per heavy atom. The molecule has 2 aromatic heterocycles. The number of hydrogen-bond acceptors (Lipinski definition) is 9. The summed E-state index contributed by atoms with van der Waals surface area (Å²) in [6.45, 7) is 6.96. The van der Waals surface area contributed by atoms with Crippen molar-refractivity contribution in [1.82, 2.24) is 35.2 Å². The number of piperidine rings is 2. The number of alkyl halides is 3. The molecule has 326 valence electrons. The van der Waals surface area contributed by atoms with E-state index in [0.717, 1.165) is 91.0 Å². The van der Waals surface area contributed by atoms with Gasteiger partial charge in [0.05, 0.1) is 55.0 Å². The van der Waals surface area contributed by atoms with Crippen LogP contribution in [0.5, 0.6) is 5.75 Å². The first-order chi connectivity index (χ1) is 29.9. The number of aromatic amines is 1. The highest BCUT2D eigenvalue weighted by atomic mass is 19.4. The van der Waals surface area contributed by atoms with Gasteiger partial charge < -0.3 is 19.4 Å². The lowest BCUT2D eigenvalue weighted by atomic mass is 9.65. The Labute approximate surface area is 358 Å². The maximum atomic E-state index is 13.9. The number of aromatic nitrogens is 3. The number of anilines is 1. The SMILES string of the molecule is C[C@@H]1Cc2c(ccc3[nH]ncc23)[C@@H](c2ccc(N3CC4(CCC(CN5CCC6(CCOc7c6ccc6c7CN(C7CCC(=O)NC7=O)C6=O)CC5)CC4)C3)cn2)N1CC(F)(F)F. The summed E-state index contributed by atoms with van der Waals surface area (Å²) in [4.78, 5) is 51.0. The summed E-state index contributed by atoms with van der Waals surface area (Å²) in [5.41, 5.74) is 7.45. The van der Waals surface area contributed by atoms with E-state index in [2.05, 4.69) is 31.4 Å². The van der Waals surface area contributed by atoms with Crippen molar-refractivity contribution in [3.8, 4) is 5.75 Å². The van der Waals surface area contributed by atoms with Crippen LogP contribution in [-0.2, 0) is 28.0 Å². The molecule has 4 fully saturated rings. The minimum absolute atomic E-state index is 0.0120. The quantitative estimate of drug-likeness (QED) is 0.211. The van der Waals surface area contributed by atoms with E-state index >= 15 is 0 Å². The molecule has 2 N–H and O–H groups in total.